The lowest BCUT2D eigenvalue weighted by atomic mass is 10.0. The Balaban J connectivity index is 3.58. The Morgan fingerprint density at radius 3 is 2.31 bits per heavy atom. The van der Waals surface area contributed by atoms with E-state index in [0.717, 1.165) is 0 Å². The summed E-state index contributed by atoms with van der Waals surface area (Å²) in [7, 11) is -3.91. The van der Waals surface area contributed by atoms with Crippen LogP contribution in [0.15, 0.2) is 0 Å². The standard InChI is InChI=1S/C7H15O5P/c1-6(2-3-7(8)9)4-5-13(10,11)12/h6H,2-5H2,1H3,(H,8,9)(H2,10,11,12). The molecule has 0 aromatic carbocycles. The molecule has 1 atom stereocenters. The molecule has 0 amide bonds. The maximum atomic E-state index is 10.5. The molecule has 0 saturated carbocycles. The van der Waals surface area contributed by atoms with Gasteiger partial charge in [-0.1, -0.05) is 6.92 Å². The maximum Gasteiger partial charge on any atom is 0.325 e. The largest absolute Gasteiger partial charge is 0.481 e. The van der Waals surface area contributed by atoms with E-state index >= 15 is 0 Å². The van der Waals surface area contributed by atoms with Crippen LogP contribution >= 0.6 is 7.60 Å². The van der Waals surface area contributed by atoms with E-state index in [2.05, 4.69) is 0 Å². The van der Waals surface area contributed by atoms with Gasteiger partial charge in [-0.05, 0) is 18.8 Å². The summed E-state index contributed by atoms with van der Waals surface area (Å²) in [4.78, 5) is 27.2. The van der Waals surface area contributed by atoms with Crippen molar-refractivity contribution in [1.29, 1.82) is 0 Å². The molecule has 0 bridgehead atoms. The lowest BCUT2D eigenvalue weighted by Crippen LogP contribution is -2.03. The summed E-state index contributed by atoms with van der Waals surface area (Å²) in [5.41, 5.74) is 0. The van der Waals surface area contributed by atoms with Crippen LogP contribution in [0.2, 0.25) is 0 Å². The summed E-state index contributed by atoms with van der Waals surface area (Å²) in [6, 6.07) is 0. The SMILES string of the molecule is CC(CCC(=O)O)CCP(=O)(O)O. The molecule has 6 heteroatoms. The Morgan fingerprint density at radius 2 is 1.92 bits per heavy atom. The van der Waals surface area contributed by atoms with E-state index in [4.69, 9.17) is 14.9 Å². The summed E-state index contributed by atoms with van der Waals surface area (Å²) in [5.74, 6) is -0.827. The van der Waals surface area contributed by atoms with E-state index in [1.165, 1.54) is 0 Å². The van der Waals surface area contributed by atoms with Gasteiger partial charge in [-0.25, -0.2) is 0 Å². The molecule has 78 valence electrons. The monoisotopic (exact) mass is 210 g/mol. The Hall–Kier alpha value is -0.380. The number of hydrogen-bond acceptors (Lipinski definition) is 2. The molecular formula is C7H15O5P. The van der Waals surface area contributed by atoms with Crippen LogP contribution in [-0.4, -0.2) is 27.0 Å². The first-order valence-electron chi connectivity index (χ1n) is 4.07. The third kappa shape index (κ3) is 9.53. The molecule has 0 aromatic heterocycles. The predicted molar refractivity (Wildman–Crippen MR) is 47.6 cm³/mol. The Labute approximate surface area is 76.9 Å². The van der Waals surface area contributed by atoms with Gasteiger partial charge in [0.15, 0.2) is 0 Å². The van der Waals surface area contributed by atoms with Crippen molar-refractivity contribution >= 4 is 13.6 Å². The van der Waals surface area contributed by atoms with E-state index in [-0.39, 0.29) is 18.5 Å². The minimum absolute atomic E-state index is 0.0451. The fourth-order valence-electron chi connectivity index (χ4n) is 0.903. The van der Waals surface area contributed by atoms with E-state index in [9.17, 15) is 9.36 Å². The van der Waals surface area contributed by atoms with Crippen LogP contribution < -0.4 is 0 Å². The van der Waals surface area contributed by atoms with Gasteiger partial charge in [0, 0.05) is 6.42 Å². The second kappa shape index (κ2) is 5.37. The molecule has 0 aliphatic rings. The number of carboxylic acid groups (broad SMARTS) is 1. The molecule has 0 aliphatic heterocycles. The van der Waals surface area contributed by atoms with Crippen molar-refractivity contribution in [3.63, 3.8) is 0 Å². The van der Waals surface area contributed by atoms with Gasteiger partial charge in [0.1, 0.15) is 0 Å². The van der Waals surface area contributed by atoms with Crippen LogP contribution in [0.5, 0.6) is 0 Å². The fraction of sp³-hybridized carbons (Fsp3) is 0.857. The third-order valence-corrected chi connectivity index (χ3v) is 2.60. The molecule has 0 aromatic rings. The molecule has 5 nitrogen and oxygen atoms in total. The minimum atomic E-state index is -3.91. The molecule has 13 heavy (non-hydrogen) atoms. The molecule has 0 spiro atoms. The van der Waals surface area contributed by atoms with Crippen LogP contribution in [0.25, 0.3) is 0 Å². The average molecular weight is 210 g/mol. The highest BCUT2D eigenvalue weighted by atomic mass is 31.2. The van der Waals surface area contributed by atoms with Crippen molar-refractivity contribution < 1.29 is 24.3 Å². The topological polar surface area (TPSA) is 94.8 Å². The molecule has 0 radical (unpaired) electrons. The maximum absolute atomic E-state index is 10.5. The number of aliphatic carboxylic acids is 1. The molecule has 3 N–H and O–H groups in total. The van der Waals surface area contributed by atoms with E-state index in [1.807, 2.05) is 0 Å². The molecule has 0 rings (SSSR count). The zero-order chi connectivity index (χ0) is 10.5. The first-order chi connectivity index (χ1) is 5.81. The average Bonchev–Trinajstić information content (AvgIpc) is 1.95. The zero-order valence-corrected chi connectivity index (χ0v) is 8.41. The minimum Gasteiger partial charge on any atom is -0.481 e. The van der Waals surface area contributed by atoms with Gasteiger partial charge < -0.3 is 14.9 Å². The van der Waals surface area contributed by atoms with E-state index < -0.39 is 13.6 Å². The Bertz CT molecular complexity index is 209. The predicted octanol–water partition coefficient (Wildman–Crippen LogP) is 1.06. The first kappa shape index (κ1) is 12.6. The van der Waals surface area contributed by atoms with Gasteiger partial charge in [-0.2, -0.15) is 0 Å². The molecule has 0 heterocycles. The smallest absolute Gasteiger partial charge is 0.325 e. The van der Waals surface area contributed by atoms with Gasteiger partial charge in [-0.3, -0.25) is 9.36 Å². The number of hydrogen-bond donors (Lipinski definition) is 3. The second-order valence-electron chi connectivity index (χ2n) is 3.21. The summed E-state index contributed by atoms with van der Waals surface area (Å²) in [5, 5.41) is 8.34. The summed E-state index contributed by atoms with van der Waals surface area (Å²) < 4.78 is 10.5. The van der Waals surface area contributed by atoms with Gasteiger partial charge >= 0.3 is 13.6 Å². The van der Waals surface area contributed by atoms with Crippen LogP contribution in [0.4, 0.5) is 0 Å². The van der Waals surface area contributed by atoms with E-state index in [1.54, 1.807) is 6.92 Å². The highest BCUT2D eigenvalue weighted by Gasteiger charge is 2.15. The molecule has 0 fully saturated rings. The fourth-order valence-corrected chi connectivity index (χ4v) is 1.68. The highest BCUT2D eigenvalue weighted by Crippen LogP contribution is 2.36. The summed E-state index contributed by atoms with van der Waals surface area (Å²) in [6.45, 7) is 1.79. The Kier molecular flexibility index (Phi) is 5.21. The van der Waals surface area contributed by atoms with Crippen LogP contribution in [-0.2, 0) is 9.36 Å². The van der Waals surface area contributed by atoms with Crippen molar-refractivity contribution in [2.24, 2.45) is 5.92 Å². The van der Waals surface area contributed by atoms with Crippen molar-refractivity contribution in [3.05, 3.63) is 0 Å². The van der Waals surface area contributed by atoms with Crippen LogP contribution in [0, 0.1) is 5.92 Å². The van der Waals surface area contributed by atoms with Crippen molar-refractivity contribution in [2.75, 3.05) is 6.16 Å². The lowest BCUT2D eigenvalue weighted by Gasteiger charge is -2.09. The first-order valence-corrected chi connectivity index (χ1v) is 5.87. The third-order valence-electron chi connectivity index (χ3n) is 1.76. The van der Waals surface area contributed by atoms with Crippen LogP contribution in [0.1, 0.15) is 26.2 Å². The van der Waals surface area contributed by atoms with Crippen molar-refractivity contribution in [3.8, 4) is 0 Å². The second-order valence-corrected chi connectivity index (χ2v) is 4.99. The molecule has 0 aliphatic carbocycles. The molecule has 0 saturated heterocycles. The molecule has 1 unspecified atom stereocenters. The van der Waals surface area contributed by atoms with Crippen molar-refractivity contribution in [2.45, 2.75) is 26.2 Å². The van der Waals surface area contributed by atoms with Gasteiger partial charge in [0.2, 0.25) is 0 Å². The molecular weight excluding hydrogens is 195 g/mol. The number of carboxylic acids is 1. The summed E-state index contributed by atoms with van der Waals surface area (Å²) >= 11 is 0. The Morgan fingerprint density at radius 1 is 1.38 bits per heavy atom. The van der Waals surface area contributed by atoms with Gasteiger partial charge in [0.05, 0.1) is 6.16 Å². The number of rotatable bonds is 6. The van der Waals surface area contributed by atoms with Gasteiger partial charge in [-0.15, -0.1) is 0 Å². The lowest BCUT2D eigenvalue weighted by molar-refractivity contribution is -0.137. The normalized spacial score (nSPS) is 14.1. The summed E-state index contributed by atoms with van der Waals surface area (Å²) in [6.07, 6.45) is 0.739. The van der Waals surface area contributed by atoms with E-state index in [0.29, 0.717) is 12.8 Å². The highest BCUT2D eigenvalue weighted by molar-refractivity contribution is 7.51. The quantitative estimate of drug-likeness (QED) is 0.569. The number of carbonyl (C=O) groups is 1. The van der Waals surface area contributed by atoms with Crippen molar-refractivity contribution in [1.82, 2.24) is 0 Å². The zero-order valence-electron chi connectivity index (χ0n) is 7.51. The van der Waals surface area contributed by atoms with Gasteiger partial charge in [0.25, 0.3) is 0 Å². The van der Waals surface area contributed by atoms with Crippen LogP contribution in [0.3, 0.4) is 0 Å².